The van der Waals surface area contributed by atoms with Gasteiger partial charge in [0.1, 0.15) is 0 Å². The smallest absolute Gasteiger partial charge is 0.0962 e. The van der Waals surface area contributed by atoms with Crippen molar-refractivity contribution in [2.24, 2.45) is 0 Å². The number of aryl methyl sites for hydroxylation is 1. The molecule has 0 aliphatic heterocycles. The molecule has 0 spiro atoms. The highest BCUT2D eigenvalue weighted by atomic mass is 79.9. The highest BCUT2D eigenvalue weighted by molar-refractivity contribution is 9.10. The van der Waals surface area contributed by atoms with E-state index in [0.29, 0.717) is 6.54 Å². The maximum Gasteiger partial charge on any atom is 0.0962 e. The van der Waals surface area contributed by atoms with Gasteiger partial charge in [-0.15, -0.1) is 0 Å². The third-order valence-corrected chi connectivity index (χ3v) is 3.68. The van der Waals surface area contributed by atoms with Gasteiger partial charge in [-0.2, -0.15) is 0 Å². The number of halogens is 1. The molecule has 0 radical (unpaired) electrons. The number of hydrogen-bond donors (Lipinski definition) is 3. The first-order valence-electron chi connectivity index (χ1n) is 6.10. The quantitative estimate of drug-likeness (QED) is 0.756. The molecular formula is C15H17BrN2O. The molecular weight excluding hydrogens is 304 g/mol. The molecule has 0 aliphatic rings. The molecule has 4 heteroatoms. The highest BCUT2D eigenvalue weighted by Gasteiger charge is 2.08. The molecule has 19 heavy (non-hydrogen) atoms. The van der Waals surface area contributed by atoms with Crippen LogP contribution < -0.4 is 11.1 Å². The first-order chi connectivity index (χ1) is 9.08. The van der Waals surface area contributed by atoms with E-state index in [2.05, 4.69) is 21.2 Å². The van der Waals surface area contributed by atoms with E-state index in [-0.39, 0.29) is 0 Å². The Morgan fingerprint density at radius 3 is 2.63 bits per heavy atom. The number of benzene rings is 2. The van der Waals surface area contributed by atoms with Crippen molar-refractivity contribution in [1.82, 2.24) is 0 Å². The minimum Gasteiger partial charge on any atom is -0.398 e. The van der Waals surface area contributed by atoms with Crippen molar-refractivity contribution < 1.29 is 5.11 Å². The molecule has 0 aromatic heterocycles. The lowest BCUT2D eigenvalue weighted by atomic mass is 10.1. The molecule has 100 valence electrons. The van der Waals surface area contributed by atoms with Gasteiger partial charge in [0.05, 0.1) is 6.10 Å². The Balaban J connectivity index is 2.05. The Kier molecular flexibility index (Phi) is 4.45. The van der Waals surface area contributed by atoms with Crippen LogP contribution >= 0.6 is 15.9 Å². The second-order valence-corrected chi connectivity index (χ2v) is 5.35. The summed E-state index contributed by atoms with van der Waals surface area (Å²) in [6.07, 6.45) is -0.536. The van der Waals surface area contributed by atoms with E-state index in [0.717, 1.165) is 27.0 Å². The average Bonchev–Trinajstić information content (AvgIpc) is 2.42. The molecule has 0 aliphatic carbocycles. The first-order valence-corrected chi connectivity index (χ1v) is 6.89. The number of hydrogen-bond acceptors (Lipinski definition) is 3. The first kappa shape index (κ1) is 13.9. The van der Waals surface area contributed by atoms with Crippen molar-refractivity contribution >= 4 is 27.3 Å². The molecule has 0 fully saturated rings. The summed E-state index contributed by atoms with van der Waals surface area (Å²) in [7, 11) is 0. The summed E-state index contributed by atoms with van der Waals surface area (Å²) in [6.45, 7) is 2.41. The van der Waals surface area contributed by atoms with Gasteiger partial charge < -0.3 is 16.2 Å². The summed E-state index contributed by atoms with van der Waals surface area (Å²) in [5.41, 5.74) is 9.43. The lowest BCUT2D eigenvalue weighted by Crippen LogP contribution is -2.12. The predicted octanol–water partition coefficient (Wildman–Crippen LogP) is 3.49. The van der Waals surface area contributed by atoms with Gasteiger partial charge in [-0.3, -0.25) is 0 Å². The molecule has 0 bridgehead atoms. The molecule has 1 atom stereocenters. The van der Waals surface area contributed by atoms with Gasteiger partial charge in [-0.1, -0.05) is 30.3 Å². The summed E-state index contributed by atoms with van der Waals surface area (Å²) in [4.78, 5) is 0. The zero-order valence-corrected chi connectivity index (χ0v) is 12.3. The van der Waals surface area contributed by atoms with Crippen LogP contribution in [0.1, 0.15) is 17.2 Å². The molecule has 4 N–H and O–H groups in total. The zero-order chi connectivity index (χ0) is 13.8. The molecule has 2 aromatic rings. The molecule has 2 rings (SSSR count). The van der Waals surface area contributed by atoms with E-state index >= 15 is 0 Å². The maximum absolute atomic E-state index is 10.1. The van der Waals surface area contributed by atoms with Crippen LogP contribution in [-0.4, -0.2) is 11.7 Å². The SMILES string of the molecule is Cc1cc(NCC(O)c2ccccc2)c(Br)cc1N. The summed E-state index contributed by atoms with van der Waals surface area (Å²) >= 11 is 3.46. The second-order valence-electron chi connectivity index (χ2n) is 4.50. The van der Waals surface area contributed by atoms with E-state index in [1.54, 1.807) is 0 Å². The summed E-state index contributed by atoms with van der Waals surface area (Å²) < 4.78 is 0.899. The number of anilines is 2. The standard InChI is InChI=1S/C15H17BrN2O/c1-10-7-14(12(16)8-13(10)17)18-9-15(19)11-5-3-2-4-6-11/h2-8,15,18-19H,9,17H2,1H3. The molecule has 2 aromatic carbocycles. The molecule has 0 amide bonds. The number of aliphatic hydroxyl groups is 1. The molecule has 3 nitrogen and oxygen atoms in total. The lowest BCUT2D eigenvalue weighted by molar-refractivity contribution is 0.191. The Morgan fingerprint density at radius 1 is 1.26 bits per heavy atom. The van der Waals surface area contributed by atoms with Crippen LogP contribution in [0.2, 0.25) is 0 Å². The van der Waals surface area contributed by atoms with Crippen molar-refractivity contribution in [2.75, 3.05) is 17.6 Å². The van der Waals surface area contributed by atoms with Crippen LogP contribution in [-0.2, 0) is 0 Å². The summed E-state index contributed by atoms with van der Waals surface area (Å²) in [5, 5.41) is 13.3. The topological polar surface area (TPSA) is 58.3 Å². The van der Waals surface area contributed by atoms with Crippen LogP contribution in [0.25, 0.3) is 0 Å². The van der Waals surface area contributed by atoms with Crippen LogP contribution in [0.15, 0.2) is 46.9 Å². The van der Waals surface area contributed by atoms with Gasteiger partial charge in [0.2, 0.25) is 0 Å². The van der Waals surface area contributed by atoms with Crippen LogP contribution in [0, 0.1) is 6.92 Å². The monoisotopic (exact) mass is 320 g/mol. The third kappa shape index (κ3) is 3.49. The maximum atomic E-state index is 10.1. The number of nitrogens with one attached hydrogen (secondary N) is 1. The lowest BCUT2D eigenvalue weighted by Gasteiger charge is -2.15. The predicted molar refractivity (Wildman–Crippen MR) is 83.2 cm³/mol. The Morgan fingerprint density at radius 2 is 1.95 bits per heavy atom. The fraction of sp³-hybridized carbons (Fsp3) is 0.200. The van der Waals surface area contributed by atoms with Crippen LogP contribution in [0.3, 0.4) is 0 Å². The Bertz CT molecular complexity index is 558. The van der Waals surface area contributed by atoms with E-state index in [1.807, 2.05) is 49.4 Å². The van der Waals surface area contributed by atoms with Gasteiger partial charge in [0.25, 0.3) is 0 Å². The van der Waals surface area contributed by atoms with Gasteiger partial charge >= 0.3 is 0 Å². The second kappa shape index (κ2) is 6.08. The van der Waals surface area contributed by atoms with E-state index in [9.17, 15) is 5.11 Å². The Labute approximate surface area is 121 Å². The zero-order valence-electron chi connectivity index (χ0n) is 10.7. The van der Waals surface area contributed by atoms with Crippen molar-refractivity contribution in [3.8, 4) is 0 Å². The van der Waals surface area contributed by atoms with Gasteiger partial charge in [-0.05, 0) is 46.1 Å². The van der Waals surface area contributed by atoms with Crippen LogP contribution in [0.5, 0.6) is 0 Å². The van der Waals surface area contributed by atoms with Crippen molar-refractivity contribution in [3.63, 3.8) is 0 Å². The largest absolute Gasteiger partial charge is 0.398 e. The fourth-order valence-electron chi connectivity index (χ4n) is 1.83. The van der Waals surface area contributed by atoms with Crippen LogP contribution in [0.4, 0.5) is 11.4 Å². The summed E-state index contributed by atoms with van der Waals surface area (Å²) in [6, 6.07) is 13.4. The minimum atomic E-state index is -0.536. The average molecular weight is 321 g/mol. The number of nitrogens with two attached hydrogens (primary N) is 1. The number of aliphatic hydroxyl groups excluding tert-OH is 1. The minimum absolute atomic E-state index is 0.450. The third-order valence-electron chi connectivity index (χ3n) is 3.03. The van der Waals surface area contributed by atoms with Gasteiger partial charge in [-0.25, -0.2) is 0 Å². The fourth-order valence-corrected chi connectivity index (χ4v) is 2.33. The normalized spacial score (nSPS) is 12.2. The molecule has 1 unspecified atom stereocenters. The molecule has 0 saturated carbocycles. The Hall–Kier alpha value is -1.52. The molecule has 0 heterocycles. The van der Waals surface area contributed by atoms with Gasteiger partial charge in [0.15, 0.2) is 0 Å². The van der Waals surface area contributed by atoms with Crippen molar-refractivity contribution in [3.05, 3.63) is 58.1 Å². The van der Waals surface area contributed by atoms with Crippen molar-refractivity contribution in [2.45, 2.75) is 13.0 Å². The van der Waals surface area contributed by atoms with E-state index in [1.165, 1.54) is 0 Å². The van der Waals surface area contributed by atoms with Gasteiger partial charge in [0, 0.05) is 22.4 Å². The summed E-state index contributed by atoms with van der Waals surface area (Å²) in [5.74, 6) is 0. The van der Waals surface area contributed by atoms with E-state index in [4.69, 9.17) is 5.73 Å². The number of rotatable bonds is 4. The number of nitrogen functional groups attached to an aromatic ring is 1. The highest BCUT2D eigenvalue weighted by Crippen LogP contribution is 2.28. The van der Waals surface area contributed by atoms with E-state index < -0.39 is 6.10 Å². The molecule has 0 saturated heterocycles. The van der Waals surface area contributed by atoms with Crippen molar-refractivity contribution in [1.29, 1.82) is 0 Å².